The maximum atomic E-state index is 10.5. The molecule has 0 amide bonds. The highest BCUT2D eigenvalue weighted by molar-refractivity contribution is 5.20. The van der Waals surface area contributed by atoms with E-state index in [1.807, 2.05) is 0 Å². The average Bonchev–Trinajstić information content (AvgIpc) is 2.66. The van der Waals surface area contributed by atoms with Crippen molar-refractivity contribution < 1.29 is 4.92 Å². The third-order valence-electron chi connectivity index (χ3n) is 2.25. The molecule has 6 heteroatoms. The van der Waals surface area contributed by atoms with Crippen molar-refractivity contribution in [3.63, 3.8) is 0 Å². The van der Waals surface area contributed by atoms with Crippen LogP contribution in [0.25, 0.3) is 0 Å². The van der Waals surface area contributed by atoms with Crippen molar-refractivity contribution in [2.75, 3.05) is 13.1 Å². The van der Waals surface area contributed by atoms with Crippen molar-refractivity contribution in [3.8, 4) is 0 Å². The van der Waals surface area contributed by atoms with E-state index in [9.17, 15) is 10.1 Å². The summed E-state index contributed by atoms with van der Waals surface area (Å²) in [6, 6.07) is 0. The number of aromatic nitrogens is 2. The van der Waals surface area contributed by atoms with E-state index in [1.54, 1.807) is 4.68 Å². The van der Waals surface area contributed by atoms with E-state index < -0.39 is 4.92 Å². The summed E-state index contributed by atoms with van der Waals surface area (Å²) < 4.78 is 1.62. The van der Waals surface area contributed by atoms with Gasteiger partial charge in [0.1, 0.15) is 12.4 Å². The van der Waals surface area contributed by atoms with E-state index in [-0.39, 0.29) is 5.69 Å². The fourth-order valence-corrected chi connectivity index (χ4v) is 1.46. The van der Waals surface area contributed by atoms with Crippen molar-refractivity contribution in [1.82, 2.24) is 15.1 Å². The van der Waals surface area contributed by atoms with Crippen LogP contribution in [-0.4, -0.2) is 27.8 Å². The number of hydrogen-bond donors (Lipinski definition) is 1. The summed E-state index contributed by atoms with van der Waals surface area (Å²) in [5, 5.41) is 17.7. The molecule has 1 heterocycles. The van der Waals surface area contributed by atoms with Gasteiger partial charge in [0.25, 0.3) is 0 Å². The predicted octanol–water partition coefficient (Wildman–Crippen LogP) is 1.43. The molecule has 0 aliphatic rings. The lowest BCUT2D eigenvalue weighted by molar-refractivity contribution is -0.385. The van der Waals surface area contributed by atoms with E-state index in [2.05, 4.69) is 24.3 Å². The summed E-state index contributed by atoms with van der Waals surface area (Å²) in [5.41, 5.74) is 0.0497. The van der Waals surface area contributed by atoms with Crippen LogP contribution in [0.1, 0.15) is 20.3 Å². The van der Waals surface area contributed by atoms with Crippen LogP contribution in [0.3, 0.4) is 0 Å². The summed E-state index contributed by atoms with van der Waals surface area (Å²) in [6.45, 7) is 6.82. The Hall–Kier alpha value is -1.43. The highest BCUT2D eigenvalue weighted by Crippen LogP contribution is 2.09. The maximum Gasteiger partial charge on any atom is 0.306 e. The number of nitrogens with one attached hydrogen (secondary N) is 1. The van der Waals surface area contributed by atoms with Crippen LogP contribution in [0.5, 0.6) is 0 Å². The molecule has 0 bridgehead atoms. The SMILES string of the molecule is CCCNCC(C)Cn1cc([N+](=O)[O-])cn1. The molecule has 0 radical (unpaired) electrons. The highest BCUT2D eigenvalue weighted by Gasteiger charge is 2.10. The van der Waals surface area contributed by atoms with Crippen LogP contribution in [-0.2, 0) is 6.54 Å². The van der Waals surface area contributed by atoms with Gasteiger partial charge >= 0.3 is 5.69 Å². The Balaban J connectivity index is 2.37. The second-order valence-corrected chi connectivity index (χ2v) is 3.99. The van der Waals surface area contributed by atoms with Crippen LogP contribution >= 0.6 is 0 Å². The lowest BCUT2D eigenvalue weighted by Crippen LogP contribution is -2.24. The molecule has 6 nitrogen and oxygen atoms in total. The van der Waals surface area contributed by atoms with Crippen molar-refractivity contribution in [3.05, 3.63) is 22.5 Å². The molecule has 1 rings (SSSR count). The molecule has 0 spiro atoms. The van der Waals surface area contributed by atoms with E-state index in [1.165, 1.54) is 12.4 Å². The molecule has 0 saturated carbocycles. The van der Waals surface area contributed by atoms with Gasteiger partial charge in [-0.2, -0.15) is 5.10 Å². The van der Waals surface area contributed by atoms with Crippen molar-refractivity contribution in [2.24, 2.45) is 5.92 Å². The number of nitrogens with zero attached hydrogens (tertiary/aromatic N) is 3. The first-order valence-electron chi connectivity index (χ1n) is 5.51. The molecule has 1 aromatic heterocycles. The first-order chi connectivity index (χ1) is 7.63. The van der Waals surface area contributed by atoms with Crippen LogP contribution in [0.4, 0.5) is 5.69 Å². The minimum absolute atomic E-state index is 0.0497. The standard InChI is InChI=1S/C10H18N4O2/c1-3-4-11-5-9(2)7-13-8-10(6-12-13)14(15)16/h6,8-9,11H,3-5,7H2,1-2H3. The number of nitro groups is 1. The molecule has 1 atom stereocenters. The van der Waals surface area contributed by atoms with Gasteiger partial charge in [-0.05, 0) is 25.4 Å². The molecule has 0 aliphatic heterocycles. The molecular weight excluding hydrogens is 208 g/mol. The fourth-order valence-electron chi connectivity index (χ4n) is 1.46. The van der Waals surface area contributed by atoms with E-state index in [0.29, 0.717) is 12.5 Å². The van der Waals surface area contributed by atoms with Crippen molar-refractivity contribution in [1.29, 1.82) is 0 Å². The third kappa shape index (κ3) is 3.98. The zero-order chi connectivity index (χ0) is 12.0. The predicted molar refractivity (Wildman–Crippen MR) is 61.2 cm³/mol. The van der Waals surface area contributed by atoms with Crippen LogP contribution in [0.15, 0.2) is 12.4 Å². The summed E-state index contributed by atoms with van der Waals surface area (Å²) in [4.78, 5) is 10.0. The summed E-state index contributed by atoms with van der Waals surface area (Å²) >= 11 is 0. The largest absolute Gasteiger partial charge is 0.316 e. The minimum atomic E-state index is -0.427. The smallest absolute Gasteiger partial charge is 0.306 e. The zero-order valence-electron chi connectivity index (χ0n) is 9.72. The van der Waals surface area contributed by atoms with E-state index in [4.69, 9.17) is 0 Å². The molecule has 16 heavy (non-hydrogen) atoms. The Kier molecular flexibility index (Phi) is 4.91. The van der Waals surface area contributed by atoms with Gasteiger partial charge in [-0.25, -0.2) is 0 Å². The van der Waals surface area contributed by atoms with Crippen LogP contribution in [0, 0.1) is 16.0 Å². The van der Waals surface area contributed by atoms with E-state index in [0.717, 1.165) is 19.5 Å². The van der Waals surface area contributed by atoms with Gasteiger partial charge in [0.15, 0.2) is 0 Å². The highest BCUT2D eigenvalue weighted by atomic mass is 16.6. The average molecular weight is 226 g/mol. The number of hydrogen-bond acceptors (Lipinski definition) is 4. The molecule has 1 N–H and O–H groups in total. The Bertz CT molecular complexity index is 337. The molecule has 0 aromatic carbocycles. The quantitative estimate of drug-likeness (QED) is 0.433. The van der Waals surface area contributed by atoms with Gasteiger partial charge in [0.05, 0.1) is 4.92 Å². The molecule has 1 aromatic rings. The molecule has 0 aliphatic carbocycles. The summed E-state index contributed by atoms with van der Waals surface area (Å²) in [6.07, 6.45) is 3.86. The minimum Gasteiger partial charge on any atom is -0.316 e. The lowest BCUT2D eigenvalue weighted by Gasteiger charge is -2.11. The Labute approximate surface area is 94.8 Å². The monoisotopic (exact) mass is 226 g/mol. The zero-order valence-corrected chi connectivity index (χ0v) is 9.72. The van der Waals surface area contributed by atoms with Gasteiger partial charge < -0.3 is 5.32 Å². The van der Waals surface area contributed by atoms with Gasteiger partial charge in [-0.3, -0.25) is 14.8 Å². The molecule has 1 unspecified atom stereocenters. The normalized spacial score (nSPS) is 12.6. The molecule has 0 fully saturated rings. The molecule has 0 saturated heterocycles. The summed E-state index contributed by atoms with van der Waals surface area (Å²) in [5.74, 6) is 0.408. The maximum absolute atomic E-state index is 10.5. The van der Waals surface area contributed by atoms with E-state index >= 15 is 0 Å². The Morgan fingerprint density at radius 2 is 2.44 bits per heavy atom. The van der Waals surface area contributed by atoms with Gasteiger partial charge in [0, 0.05) is 6.54 Å². The Morgan fingerprint density at radius 3 is 3.00 bits per heavy atom. The second-order valence-electron chi connectivity index (χ2n) is 3.99. The second kappa shape index (κ2) is 6.22. The van der Waals surface area contributed by atoms with Gasteiger partial charge in [-0.15, -0.1) is 0 Å². The van der Waals surface area contributed by atoms with Gasteiger partial charge in [0.2, 0.25) is 0 Å². The third-order valence-corrected chi connectivity index (χ3v) is 2.25. The van der Waals surface area contributed by atoms with Gasteiger partial charge in [-0.1, -0.05) is 13.8 Å². The lowest BCUT2D eigenvalue weighted by atomic mass is 10.2. The fraction of sp³-hybridized carbons (Fsp3) is 0.700. The van der Waals surface area contributed by atoms with Crippen molar-refractivity contribution in [2.45, 2.75) is 26.8 Å². The molecule has 90 valence electrons. The van der Waals surface area contributed by atoms with Crippen molar-refractivity contribution >= 4 is 5.69 Å². The Morgan fingerprint density at radius 1 is 1.69 bits per heavy atom. The topological polar surface area (TPSA) is 73.0 Å². The molecular formula is C10H18N4O2. The van der Waals surface area contributed by atoms with Crippen LogP contribution in [0.2, 0.25) is 0 Å². The van der Waals surface area contributed by atoms with Crippen LogP contribution < -0.4 is 5.32 Å². The first kappa shape index (κ1) is 12.6. The summed E-state index contributed by atoms with van der Waals surface area (Å²) in [7, 11) is 0. The number of rotatable bonds is 7. The first-order valence-corrected chi connectivity index (χ1v) is 5.51.